The first kappa shape index (κ1) is 20.8. The lowest BCUT2D eigenvalue weighted by Gasteiger charge is -2.45. The number of para-hydroxylation sites is 1. The number of rotatable bonds is 4. The normalized spacial score (nSPS) is 21.6. The first-order chi connectivity index (χ1) is 15.5. The van der Waals surface area contributed by atoms with Crippen molar-refractivity contribution in [3.63, 3.8) is 0 Å². The Kier molecular flexibility index (Phi) is 5.28. The van der Waals surface area contributed by atoms with Crippen molar-refractivity contribution in [2.75, 3.05) is 0 Å². The number of benzene rings is 2. The predicted molar refractivity (Wildman–Crippen MR) is 126 cm³/mol. The highest BCUT2D eigenvalue weighted by Crippen LogP contribution is 2.34. The molecule has 5 heteroatoms. The third kappa shape index (κ3) is 3.60. The van der Waals surface area contributed by atoms with Crippen molar-refractivity contribution >= 4 is 22.7 Å². The summed E-state index contributed by atoms with van der Waals surface area (Å²) in [5.41, 5.74) is 2.90. The van der Waals surface area contributed by atoms with E-state index in [1.54, 1.807) is 4.90 Å². The smallest absolute Gasteiger partial charge is 0.271 e. The maximum atomic E-state index is 13.8. The second-order valence-corrected chi connectivity index (χ2v) is 9.63. The largest absolute Gasteiger partial charge is 0.351 e. The van der Waals surface area contributed by atoms with E-state index < -0.39 is 5.54 Å². The number of carbonyl (C=O) groups excluding carboxylic acids is 2. The summed E-state index contributed by atoms with van der Waals surface area (Å²) < 4.78 is 2.03. The summed E-state index contributed by atoms with van der Waals surface area (Å²) in [6.07, 6.45) is 5.58. The summed E-state index contributed by atoms with van der Waals surface area (Å²) in [6, 6.07) is 18.4. The lowest BCUT2D eigenvalue weighted by Crippen LogP contribution is -2.64. The molecule has 0 bridgehead atoms. The third-order valence-electron chi connectivity index (χ3n) is 7.23. The van der Waals surface area contributed by atoms with Crippen molar-refractivity contribution in [2.45, 2.75) is 70.6 Å². The minimum absolute atomic E-state index is 0.0479. The summed E-state index contributed by atoms with van der Waals surface area (Å²) in [7, 11) is 0. The van der Waals surface area contributed by atoms with Gasteiger partial charge in [-0.25, -0.2) is 0 Å². The molecule has 1 aromatic heterocycles. The summed E-state index contributed by atoms with van der Waals surface area (Å²) in [5, 5.41) is 4.33. The Balaban J connectivity index is 1.54. The Morgan fingerprint density at radius 3 is 2.53 bits per heavy atom. The molecule has 1 unspecified atom stereocenters. The van der Waals surface area contributed by atoms with Crippen LogP contribution in [0.3, 0.4) is 0 Å². The molecule has 32 heavy (non-hydrogen) atoms. The summed E-state index contributed by atoms with van der Waals surface area (Å²) in [4.78, 5) is 29.3. The molecule has 1 aliphatic carbocycles. The van der Waals surface area contributed by atoms with Crippen LogP contribution in [0.5, 0.6) is 0 Å². The molecule has 166 valence electrons. The van der Waals surface area contributed by atoms with Gasteiger partial charge in [0, 0.05) is 23.5 Å². The highest BCUT2D eigenvalue weighted by molar-refractivity contribution is 6.03. The van der Waals surface area contributed by atoms with Crippen molar-refractivity contribution in [3.8, 4) is 0 Å². The molecule has 2 aromatic carbocycles. The maximum absolute atomic E-state index is 13.8. The molecule has 2 aliphatic rings. The third-order valence-corrected chi connectivity index (χ3v) is 7.23. The van der Waals surface area contributed by atoms with E-state index in [1.807, 2.05) is 54.0 Å². The molecular weight excluding hydrogens is 398 g/mol. The molecule has 3 aromatic rings. The molecule has 1 aliphatic heterocycles. The Hall–Kier alpha value is -3.08. The van der Waals surface area contributed by atoms with Gasteiger partial charge in [-0.3, -0.25) is 9.59 Å². The van der Waals surface area contributed by atoms with E-state index in [0.29, 0.717) is 18.8 Å². The monoisotopic (exact) mass is 429 g/mol. The molecule has 5 nitrogen and oxygen atoms in total. The fourth-order valence-corrected chi connectivity index (χ4v) is 5.22. The molecule has 0 saturated heterocycles. The Bertz CT molecular complexity index is 1160. The molecule has 1 saturated carbocycles. The molecule has 5 rings (SSSR count). The van der Waals surface area contributed by atoms with E-state index >= 15 is 0 Å². The van der Waals surface area contributed by atoms with Crippen molar-refractivity contribution in [3.05, 3.63) is 71.4 Å². The minimum atomic E-state index is -0.964. The van der Waals surface area contributed by atoms with Crippen LogP contribution >= 0.6 is 0 Å². The summed E-state index contributed by atoms with van der Waals surface area (Å²) in [5.74, 6) is -0.136. The van der Waals surface area contributed by atoms with E-state index in [4.69, 9.17) is 0 Å². The van der Waals surface area contributed by atoms with E-state index in [1.165, 1.54) is 12.0 Å². The van der Waals surface area contributed by atoms with Crippen LogP contribution in [0.4, 0.5) is 0 Å². The van der Waals surface area contributed by atoms with Crippen LogP contribution in [0.25, 0.3) is 10.9 Å². The second kappa shape index (κ2) is 8.12. The number of fused-ring (bicyclic) bond motifs is 3. The highest BCUT2D eigenvalue weighted by Gasteiger charge is 2.48. The molecule has 2 amide bonds. The number of aromatic nitrogens is 1. The van der Waals surface area contributed by atoms with Crippen LogP contribution in [0.15, 0.2) is 54.6 Å². The van der Waals surface area contributed by atoms with Crippen molar-refractivity contribution in [1.29, 1.82) is 0 Å². The topological polar surface area (TPSA) is 54.3 Å². The van der Waals surface area contributed by atoms with Gasteiger partial charge < -0.3 is 14.8 Å². The van der Waals surface area contributed by atoms with E-state index in [-0.39, 0.29) is 17.9 Å². The van der Waals surface area contributed by atoms with Crippen LogP contribution in [-0.4, -0.2) is 32.9 Å². The van der Waals surface area contributed by atoms with Crippen LogP contribution < -0.4 is 5.32 Å². The first-order valence-corrected chi connectivity index (χ1v) is 11.7. The zero-order valence-corrected chi connectivity index (χ0v) is 18.9. The van der Waals surface area contributed by atoms with Crippen LogP contribution in [0, 0.1) is 6.92 Å². The van der Waals surface area contributed by atoms with Crippen LogP contribution in [0.1, 0.15) is 60.6 Å². The SMILES string of the molecule is Cc1ccc(CN2C(=O)c3cc4ccccc4n3CC2(C)C(=O)NC2CCCCC2)cc1. The molecule has 0 spiro atoms. The van der Waals surface area contributed by atoms with Gasteiger partial charge in [0.2, 0.25) is 5.91 Å². The quantitative estimate of drug-likeness (QED) is 0.647. The summed E-state index contributed by atoms with van der Waals surface area (Å²) >= 11 is 0. The van der Waals surface area contributed by atoms with Gasteiger partial charge in [0.05, 0.1) is 6.54 Å². The standard InChI is InChI=1S/C27H31N3O2/c1-19-12-14-20(15-13-19)17-30-25(31)24-16-21-8-6-7-11-23(21)29(24)18-27(30,2)26(32)28-22-9-4-3-5-10-22/h6-8,11-16,22H,3-5,9-10,17-18H2,1-2H3,(H,28,32). The molecule has 1 N–H and O–H groups in total. The molecule has 2 heterocycles. The maximum Gasteiger partial charge on any atom is 0.271 e. The van der Waals surface area contributed by atoms with Gasteiger partial charge in [-0.2, -0.15) is 0 Å². The van der Waals surface area contributed by atoms with E-state index in [9.17, 15) is 9.59 Å². The lowest BCUT2D eigenvalue weighted by atomic mass is 9.91. The van der Waals surface area contributed by atoms with Gasteiger partial charge in [-0.1, -0.05) is 67.3 Å². The van der Waals surface area contributed by atoms with Crippen LogP contribution in [-0.2, 0) is 17.9 Å². The molecule has 1 fully saturated rings. The van der Waals surface area contributed by atoms with Gasteiger partial charge in [-0.15, -0.1) is 0 Å². The second-order valence-electron chi connectivity index (χ2n) is 9.63. The predicted octanol–water partition coefficient (Wildman–Crippen LogP) is 4.81. The highest BCUT2D eigenvalue weighted by atomic mass is 16.2. The number of carbonyl (C=O) groups is 2. The zero-order valence-electron chi connectivity index (χ0n) is 18.9. The fourth-order valence-electron chi connectivity index (χ4n) is 5.22. The van der Waals surface area contributed by atoms with E-state index in [2.05, 4.69) is 24.4 Å². The van der Waals surface area contributed by atoms with Gasteiger partial charge >= 0.3 is 0 Å². The van der Waals surface area contributed by atoms with Gasteiger partial charge in [0.25, 0.3) is 5.91 Å². The van der Waals surface area contributed by atoms with E-state index in [0.717, 1.165) is 42.1 Å². The molecule has 1 atom stereocenters. The molecule has 0 radical (unpaired) electrons. The van der Waals surface area contributed by atoms with Gasteiger partial charge in [0.15, 0.2) is 0 Å². The first-order valence-electron chi connectivity index (χ1n) is 11.7. The van der Waals surface area contributed by atoms with Crippen molar-refractivity contribution < 1.29 is 9.59 Å². The van der Waals surface area contributed by atoms with Crippen molar-refractivity contribution in [1.82, 2.24) is 14.8 Å². The summed E-state index contributed by atoms with van der Waals surface area (Å²) in [6.45, 7) is 4.84. The fraction of sp³-hybridized carbons (Fsp3) is 0.407. The average Bonchev–Trinajstić information content (AvgIpc) is 3.17. The Morgan fingerprint density at radius 2 is 1.78 bits per heavy atom. The van der Waals surface area contributed by atoms with Gasteiger partial charge in [-0.05, 0) is 44.4 Å². The number of hydrogen-bond acceptors (Lipinski definition) is 2. The number of aryl methyl sites for hydroxylation is 1. The number of nitrogens with zero attached hydrogens (tertiary/aromatic N) is 2. The minimum Gasteiger partial charge on any atom is -0.351 e. The lowest BCUT2D eigenvalue weighted by molar-refractivity contribution is -0.134. The average molecular weight is 430 g/mol. The Morgan fingerprint density at radius 1 is 1.06 bits per heavy atom. The Labute approximate surface area is 189 Å². The van der Waals surface area contributed by atoms with Crippen LogP contribution in [0.2, 0.25) is 0 Å². The number of nitrogens with one attached hydrogen (secondary N) is 1. The number of amides is 2. The van der Waals surface area contributed by atoms with Crippen molar-refractivity contribution in [2.24, 2.45) is 0 Å². The zero-order chi connectivity index (χ0) is 22.3. The van der Waals surface area contributed by atoms with Gasteiger partial charge in [0.1, 0.15) is 11.2 Å². The molecular formula is C27H31N3O2. The number of hydrogen-bond donors (Lipinski definition) is 1.